The molecule has 1 aliphatic carbocycles. The highest BCUT2D eigenvalue weighted by Crippen LogP contribution is 2.48. The van der Waals surface area contributed by atoms with E-state index in [1.54, 1.807) is 4.90 Å². The van der Waals surface area contributed by atoms with Crippen LogP contribution < -0.4 is 0 Å². The Balaban J connectivity index is 0.000000327. The van der Waals surface area contributed by atoms with E-state index in [4.69, 9.17) is 20.4 Å². The minimum Gasteiger partial charge on any atom is -0.481 e. The largest absolute Gasteiger partial charge is 0.481 e. The van der Waals surface area contributed by atoms with Gasteiger partial charge in [0.25, 0.3) is 5.92 Å². The molecule has 0 heterocycles. The lowest BCUT2D eigenvalue weighted by Gasteiger charge is -2.17. The van der Waals surface area contributed by atoms with Crippen molar-refractivity contribution in [1.82, 2.24) is 4.90 Å². The third-order valence-electron chi connectivity index (χ3n) is 2.37. The molecule has 0 amide bonds. The molecule has 0 aromatic carbocycles. The molecule has 0 aromatic heterocycles. The molecule has 0 radical (unpaired) electrons. The topological polar surface area (TPSA) is 101 Å². The van der Waals surface area contributed by atoms with E-state index in [2.05, 4.69) is 0 Å². The number of aliphatic carboxylic acids is 1. The Kier molecular flexibility index (Phi) is 7.92. The number of nitrogens with zero attached hydrogens (tertiary/aromatic N) is 1. The highest BCUT2D eigenvalue weighted by molar-refractivity contribution is 5.74. The van der Waals surface area contributed by atoms with Crippen molar-refractivity contribution in [2.24, 2.45) is 5.92 Å². The van der Waals surface area contributed by atoms with Gasteiger partial charge in [0.15, 0.2) is 0 Å². The molecule has 6 nitrogen and oxygen atoms in total. The van der Waals surface area contributed by atoms with Crippen LogP contribution in [-0.4, -0.2) is 76.7 Å². The van der Waals surface area contributed by atoms with Crippen molar-refractivity contribution in [2.45, 2.75) is 12.3 Å². The van der Waals surface area contributed by atoms with Gasteiger partial charge in [0.05, 0.1) is 19.8 Å². The van der Waals surface area contributed by atoms with Crippen LogP contribution in [-0.2, 0) is 4.79 Å². The van der Waals surface area contributed by atoms with E-state index < -0.39 is 24.2 Å². The predicted molar refractivity (Wildman–Crippen MR) is 58.4 cm³/mol. The third-order valence-corrected chi connectivity index (χ3v) is 2.37. The van der Waals surface area contributed by atoms with Crippen molar-refractivity contribution in [3.05, 3.63) is 0 Å². The van der Waals surface area contributed by atoms with Gasteiger partial charge in [-0.3, -0.25) is 9.69 Å². The summed E-state index contributed by atoms with van der Waals surface area (Å²) < 4.78 is 23.3. The number of alkyl halides is 2. The van der Waals surface area contributed by atoms with Crippen LogP contribution in [0, 0.1) is 5.92 Å². The fourth-order valence-electron chi connectivity index (χ4n) is 1.24. The second-order valence-electron chi connectivity index (χ2n) is 3.87. The number of carbonyl (C=O) groups is 1. The van der Waals surface area contributed by atoms with Crippen molar-refractivity contribution in [3.63, 3.8) is 0 Å². The summed E-state index contributed by atoms with van der Waals surface area (Å²) in [6.07, 6.45) is -0.484. The van der Waals surface area contributed by atoms with Gasteiger partial charge in [-0.2, -0.15) is 0 Å². The van der Waals surface area contributed by atoms with Crippen LogP contribution >= 0.6 is 0 Å². The number of carboxylic acid groups (broad SMARTS) is 1. The highest BCUT2D eigenvalue weighted by atomic mass is 19.3. The molecule has 0 aliphatic heterocycles. The van der Waals surface area contributed by atoms with Gasteiger partial charge in [0, 0.05) is 26.1 Å². The molecular weight excluding hydrogens is 252 g/mol. The first kappa shape index (κ1) is 17.2. The lowest BCUT2D eigenvalue weighted by Crippen LogP contribution is -2.32. The first-order chi connectivity index (χ1) is 8.38. The Labute approximate surface area is 103 Å². The first-order valence-electron chi connectivity index (χ1n) is 5.54. The van der Waals surface area contributed by atoms with Gasteiger partial charge < -0.3 is 20.4 Å². The predicted octanol–water partition coefficient (Wildman–Crippen LogP) is -1.01. The number of carboxylic acids is 1. The van der Waals surface area contributed by atoms with E-state index in [9.17, 15) is 13.6 Å². The summed E-state index contributed by atoms with van der Waals surface area (Å²) in [6.45, 7) is 1.75. The average molecular weight is 271 g/mol. The monoisotopic (exact) mass is 271 g/mol. The van der Waals surface area contributed by atoms with Crippen LogP contribution in [0.3, 0.4) is 0 Å². The number of hydrogen-bond donors (Lipinski definition) is 4. The van der Waals surface area contributed by atoms with Gasteiger partial charge in [-0.15, -0.1) is 0 Å². The van der Waals surface area contributed by atoms with Crippen molar-refractivity contribution in [2.75, 3.05) is 39.5 Å². The number of rotatable bonds is 7. The van der Waals surface area contributed by atoms with E-state index in [-0.39, 0.29) is 19.8 Å². The maximum Gasteiger partial charge on any atom is 0.312 e. The van der Waals surface area contributed by atoms with Gasteiger partial charge in [0.2, 0.25) is 0 Å². The summed E-state index contributed by atoms with van der Waals surface area (Å²) in [6, 6.07) is 0. The van der Waals surface area contributed by atoms with E-state index in [1.165, 1.54) is 0 Å². The van der Waals surface area contributed by atoms with Crippen molar-refractivity contribution in [3.8, 4) is 0 Å². The first-order valence-corrected chi connectivity index (χ1v) is 5.54. The van der Waals surface area contributed by atoms with Crippen LogP contribution in [0.5, 0.6) is 0 Å². The molecule has 1 atom stereocenters. The molecule has 1 saturated carbocycles. The lowest BCUT2D eigenvalue weighted by molar-refractivity contribution is -0.140. The zero-order chi connectivity index (χ0) is 14.2. The Morgan fingerprint density at radius 3 is 1.56 bits per heavy atom. The average Bonchev–Trinajstić information content (AvgIpc) is 2.90. The molecule has 0 saturated heterocycles. The quantitative estimate of drug-likeness (QED) is 0.473. The fourth-order valence-corrected chi connectivity index (χ4v) is 1.24. The molecule has 8 heteroatoms. The molecule has 108 valence electrons. The molecule has 0 bridgehead atoms. The number of hydrogen-bond acceptors (Lipinski definition) is 5. The van der Waals surface area contributed by atoms with Gasteiger partial charge in [0.1, 0.15) is 5.92 Å². The van der Waals surface area contributed by atoms with Crippen LogP contribution in [0.4, 0.5) is 8.78 Å². The lowest BCUT2D eigenvalue weighted by atomic mass is 10.4. The minimum atomic E-state index is -2.91. The summed E-state index contributed by atoms with van der Waals surface area (Å²) in [5.41, 5.74) is 0. The second kappa shape index (κ2) is 8.30. The van der Waals surface area contributed by atoms with Gasteiger partial charge in [-0.1, -0.05) is 0 Å². The smallest absolute Gasteiger partial charge is 0.312 e. The Bertz CT molecular complexity index is 238. The summed E-state index contributed by atoms with van der Waals surface area (Å²) in [5, 5.41) is 33.4. The molecule has 4 N–H and O–H groups in total. The summed E-state index contributed by atoms with van der Waals surface area (Å²) in [5.74, 6) is -5.70. The second-order valence-corrected chi connectivity index (χ2v) is 3.87. The summed E-state index contributed by atoms with van der Waals surface area (Å²) in [7, 11) is 0. The Hall–Kier alpha value is -0.830. The Morgan fingerprint density at radius 2 is 1.44 bits per heavy atom. The van der Waals surface area contributed by atoms with Crippen LogP contribution in [0.1, 0.15) is 6.42 Å². The molecule has 0 unspecified atom stereocenters. The van der Waals surface area contributed by atoms with Gasteiger partial charge in [-0.25, -0.2) is 8.78 Å². The van der Waals surface area contributed by atoms with E-state index in [1.807, 2.05) is 0 Å². The number of halogens is 2. The fraction of sp³-hybridized carbons (Fsp3) is 0.900. The van der Waals surface area contributed by atoms with Crippen molar-refractivity contribution >= 4 is 5.97 Å². The molecule has 0 aromatic rings. The van der Waals surface area contributed by atoms with Gasteiger partial charge >= 0.3 is 5.97 Å². The van der Waals surface area contributed by atoms with Crippen LogP contribution in [0.15, 0.2) is 0 Å². The standard InChI is InChI=1S/C6H15NO3.C4H4F2O2/c8-4-1-7(2-5-9)3-6-10;5-4(6)1-2(4)3(7)8/h8-10H,1-6H2;2H,1H2,(H,7,8)/t;2-/m.0/s1. The normalized spacial score (nSPS) is 20.2. The number of aliphatic hydroxyl groups excluding tert-OH is 3. The van der Waals surface area contributed by atoms with Crippen LogP contribution in [0.25, 0.3) is 0 Å². The van der Waals surface area contributed by atoms with Crippen molar-refractivity contribution < 1.29 is 34.0 Å². The zero-order valence-corrected chi connectivity index (χ0v) is 9.93. The summed E-state index contributed by atoms with van der Waals surface area (Å²) in [4.78, 5) is 11.5. The zero-order valence-electron chi connectivity index (χ0n) is 9.93. The third kappa shape index (κ3) is 6.80. The molecule has 1 aliphatic rings. The maximum atomic E-state index is 11.7. The van der Waals surface area contributed by atoms with Crippen LogP contribution in [0.2, 0.25) is 0 Å². The maximum absolute atomic E-state index is 11.7. The molecule has 18 heavy (non-hydrogen) atoms. The highest BCUT2D eigenvalue weighted by Gasteiger charge is 2.61. The number of aliphatic hydroxyl groups is 3. The summed E-state index contributed by atoms with van der Waals surface area (Å²) >= 11 is 0. The van der Waals surface area contributed by atoms with Gasteiger partial charge in [-0.05, 0) is 0 Å². The SMILES string of the molecule is O=C(O)[C@@H]1CC1(F)F.OCCN(CCO)CCO. The minimum absolute atomic E-state index is 0.0694. The molecular formula is C10H19F2NO5. The molecule has 0 spiro atoms. The van der Waals surface area contributed by atoms with Crippen molar-refractivity contribution in [1.29, 1.82) is 0 Å². The molecule has 1 rings (SSSR count). The molecule has 1 fully saturated rings. The van der Waals surface area contributed by atoms with E-state index in [0.717, 1.165) is 0 Å². The van der Waals surface area contributed by atoms with E-state index >= 15 is 0 Å². The van der Waals surface area contributed by atoms with E-state index in [0.29, 0.717) is 19.6 Å². The Morgan fingerprint density at radius 1 is 1.11 bits per heavy atom.